The van der Waals surface area contributed by atoms with Crippen LogP contribution in [0.2, 0.25) is 0 Å². The van der Waals surface area contributed by atoms with Gasteiger partial charge < -0.3 is 29.6 Å². The van der Waals surface area contributed by atoms with Crippen molar-refractivity contribution >= 4 is 11.9 Å². The van der Waals surface area contributed by atoms with E-state index >= 15 is 0 Å². The van der Waals surface area contributed by atoms with E-state index in [0.717, 1.165) is 44.1 Å². The molecule has 2 N–H and O–H groups in total. The Morgan fingerprint density at radius 3 is 2.24 bits per heavy atom. The van der Waals surface area contributed by atoms with E-state index in [2.05, 4.69) is 27.1 Å². The van der Waals surface area contributed by atoms with Gasteiger partial charge in [-0.1, -0.05) is 73.9 Å². The van der Waals surface area contributed by atoms with Gasteiger partial charge in [0, 0.05) is 44.2 Å². The van der Waals surface area contributed by atoms with Crippen molar-refractivity contribution in [3.05, 3.63) is 80.4 Å². The molecule has 0 unspecified atom stereocenters. The Bertz CT molecular complexity index is 1200. The van der Waals surface area contributed by atoms with E-state index in [4.69, 9.17) is 9.47 Å². The number of aliphatic hydroxyl groups is 1. The molecule has 0 aromatic heterocycles. The number of carbonyl (C=O) groups is 2. The molecule has 1 aromatic carbocycles. The van der Waals surface area contributed by atoms with Crippen LogP contribution in [0.25, 0.3) is 0 Å². The molecule has 1 fully saturated rings. The Labute approximate surface area is 301 Å². The standard InChI is InChI=1S/C37H57N3O11/c1-2-38-36(42)20-12-4-3-11-19-32-33(25-24-31(41)23-22-30-17-9-7-10-18-30)34(48-26-14-5-6-15-27-49-39(44)45)29-35(32)51-37(43)21-13-8-16-28-50-40(46)47/h3,7,9-11,17-18,24-25,31-35,41H,2,4-6,8,12-16,19-23,26-29H2,1H3,(H,38,42)/t31-,32+,33+,34+,35-/m0/s1. The molecule has 14 heteroatoms. The number of rotatable bonds is 29. The van der Waals surface area contributed by atoms with Crippen molar-refractivity contribution in [3.8, 4) is 0 Å². The molecular formula is C37H57N3O11. The van der Waals surface area contributed by atoms with Crippen molar-refractivity contribution < 1.29 is 44.0 Å². The van der Waals surface area contributed by atoms with Gasteiger partial charge >= 0.3 is 5.97 Å². The molecular weight excluding hydrogens is 662 g/mol. The predicted octanol–water partition coefficient (Wildman–Crippen LogP) is 6.26. The van der Waals surface area contributed by atoms with Gasteiger partial charge in [0.25, 0.3) is 10.2 Å². The van der Waals surface area contributed by atoms with Crippen LogP contribution >= 0.6 is 0 Å². The van der Waals surface area contributed by atoms with Crippen molar-refractivity contribution in [1.29, 1.82) is 0 Å². The number of nitrogens with zero attached hydrogens (tertiary/aromatic N) is 2. The first-order valence-electron chi connectivity index (χ1n) is 18.4. The minimum atomic E-state index is -0.827. The molecule has 0 radical (unpaired) electrons. The maximum absolute atomic E-state index is 13.0. The van der Waals surface area contributed by atoms with Crippen LogP contribution in [-0.2, 0) is 35.2 Å². The minimum Gasteiger partial charge on any atom is -0.462 e. The van der Waals surface area contributed by atoms with Crippen molar-refractivity contribution in [3.63, 3.8) is 0 Å². The third kappa shape index (κ3) is 20.4. The Morgan fingerprint density at radius 1 is 0.902 bits per heavy atom. The number of allylic oxidation sites excluding steroid dienone is 2. The number of nitrogens with one attached hydrogen (secondary N) is 1. The van der Waals surface area contributed by atoms with Gasteiger partial charge in [0.15, 0.2) is 0 Å². The van der Waals surface area contributed by atoms with Crippen LogP contribution in [0.15, 0.2) is 54.6 Å². The lowest BCUT2D eigenvalue weighted by molar-refractivity contribution is -0.757. The van der Waals surface area contributed by atoms with Crippen molar-refractivity contribution in [2.24, 2.45) is 11.8 Å². The van der Waals surface area contributed by atoms with E-state index in [-0.39, 0.29) is 49.5 Å². The summed E-state index contributed by atoms with van der Waals surface area (Å²) in [5.41, 5.74) is 1.14. The lowest BCUT2D eigenvalue weighted by Crippen LogP contribution is -2.25. The highest BCUT2D eigenvalue weighted by molar-refractivity contribution is 5.75. The van der Waals surface area contributed by atoms with E-state index in [1.807, 2.05) is 49.4 Å². The Morgan fingerprint density at radius 2 is 1.57 bits per heavy atom. The van der Waals surface area contributed by atoms with Gasteiger partial charge in [-0.15, -0.1) is 20.2 Å². The number of amides is 1. The molecule has 0 aliphatic heterocycles. The van der Waals surface area contributed by atoms with Gasteiger partial charge in [-0.2, -0.15) is 0 Å². The summed E-state index contributed by atoms with van der Waals surface area (Å²) in [6.07, 6.45) is 15.6. The van der Waals surface area contributed by atoms with Crippen LogP contribution in [-0.4, -0.2) is 71.8 Å². The molecule has 0 saturated heterocycles. The molecule has 0 bridgehead atoms. The third-order valence-corrected chi connectivity index (χ3v) is 8.79. The normalized spacial score (nSPS) is 19.3. The summed E-state index contributed by atoms with van der Waals surface area (Å²) in [5, 5.41) is 32.8. The number of esters is 1. The largest absolute Gasteiger partial charge is 0.462 e. The fourth-order valence-corrected chi connectivity index (χ4v) is 6.17. The van der Waals surface area contributed by atoms with Crippen LogP contribution in [0.5, 0.6) is 0 Å². The second kappa shape index (κ2) is 26.7. The van der Waals surface area contributed by atoms with Gasteiger partial charge in [0.2, 0.25) is 5.91 Å². The first kappa shape index (κ1) is 43.1. The fraction of sp³-hybridized carbons (Fsp3) is 0.676. The average molecular weight is 720 g/mol. The molecule has 0 spiro atoms. The quantitative estimate of drug-likeness (QED) is 0.0313. The minimum absolute atomic E-state index is 0.0146. The van der Waals surface area contributed by atoms with Crippen molar-refractivity contribution in [2.75, 3.05) is 26.4 Å². The molecule has 2 rings (SSSR count). The number of ether oxygens (including phenoxy) is 2. The summed E-state index contributed by atoms with van der Waals surface area (Å²) in [4.78, 5) is 54.3. The van der Waals surface area contributed by atoms with Gasteiger partial charge in [-0.05, 0) is 70.3 Å². The van der Waals surface area contributed by atoms with E-state index in [1.54, 1.807) is 0 Å². The molecule has 5 atom stereocenters. The van der Waals surface area contributed by atoms with Crippen molar-refractivity contribution in [1.82, 2.24) is 5.32 Å². The lowest BCUT2D eigenvalue weighted by Gasteiger charge is -2.24. The maximum atomic E-state index is 13.0. The van der Waals surface area contributed by atoms with Gasteiger partial charge in [-0.25, -0.2) is 0 Å². The smallest absolute Gasteiger partial charge is 0.306 e. The molecule has 1 saturated carbocycles. The second-order valence-corrected chi connectivity index (χ2v) is 12.8. The number of hydrogen-bond acceptors (Lipinski definition) is 11. The summed E-state index contributed by atoms with van der Waals surface area (Å²) in [6, 6.07) is 9.97. The highest BCUT2D eigenvalue weighted by atomic mass is 17.0. The summed E-state index contributed by atoms with van der Waals surface area (Å²) in [6.45, 7) is 3.01. The Balaban J connectivity index is 2.10. The zero-order valence-corrected chi connectivity index (χ0v) is 29.9. The Kier molecular flexibility index (Phi) is 22.6. The number of benzene rings is 1. The third-order valence-electron chi connectivity index (χ3n) is 8.79. The number of unbranched alkanes of at least 4 members (excludes halogenated alkanes) is 6. The highest BCUT2D eigenvalue weighted by Gasteiger charge is 2.44. The predicted molar refractivity (Wildman–Crippen MR) is 190 cm³/mol. The van der Waals surface area contributed by atoms with E-state index in [0.29, 0.717) is 64.5 Å². The topological polar surface area (TPSA) is 190 Å². The van der Waals surface area contributed by atoms with Gasteiger partial charge in [-0.3, -0.25) is 9.59 Å². The fourth-order valence-electron chi connectivity index (χ4n) is 6.17. The summed E-state index contributed by atoms with van der Waals surface area (Å²) >= 11 is 0. The molecule has 286 valence electrons. The summed E-state index contributed by atoms with van der Waals surface area (Å²) < 4.78 is 12.5. The van der Waals surface area contributed by atoms with Gasteiger partial charge in [0.05, 0.1) is 25.4 Å². The zero-order valence-electron chi connectivity index (χ0n) is 29.9. The second-order valence-electron chi connectivity index (χ2n) is 12.8. The molecule has 0 heterocycles. The molecule has 1 aliphatic rings. The van der Waals surface area contributed by atoms with Crippen LogP contribution in [0, 0.1) is 32.1 Å². The van der Waals surface area contributed by atoms with E-state index < -0.39 is 22.4 Å². The first-order chi connectivity index (χ1) is 24.7. The van der Waals surface area contributed by atoms with Crippen molar-refractivity contribution in [2.45, 2.75) is 122 Å². The highest BCUT2D eigenvalue weighted by Crippen LogP contribution is 2.40. The first-order valence-corrected chi connectivity index (χ1v) is 18.4. The van der Waals surface area contributed by atoms with E-state index in [9.17, 15) is 34.9 Å². The number of carbonyl (C=O) groups excluding carboxylic acids is 2. The summed E-state index contributed by atoms with van der Waals surface area (Å²) in [5.74, 6) is -0.555. The molecule has 14 nitrogen and oxygen atoms in total. The van der Waals surface area contributed by atoms with Crippen LogP contribution in [0.1, 0.15) is 102 Å². The zero-order chi connectivity index (χ0) is 37.1. The number of aliphatic hydroxyl groups excluding tert-OH is 1. The average Bonchev–Trinajstić information content (AvgIpc) is 3.42. The van der Waals surface area contributed by atoms with E-state index in [1.165, 1.54) is 0 Å². The Hall–Kier alpha value is -4.04. The number of aryl methyl sites for hydroxylation is 1. The van der Waals surface area contributed by atoms with Gasteiger partial charge in [0.1, 0.15) is 6.10 Å². The van der Waals surface area contributed by atoms with Crippen LogP contribution < -0.4 is 5.32 Å². The van der Waals surface area contributed by atoms with Crippen LogP contribution in [0.3, 0.4) is 0 Å². The lowest BCUT2D eigenvalue weighted by atomic mass is 9.89. The molecule has 1 aliphatic carbocycles. The monoisotopic (exact) mass is 719 g/mol. The molecule has 51 heavy (non-hydrogen) atoms. The molecule has 1 amide bonds. The number of hydrogen-bond donors (Lipinski definition) is 2. The SMILES string of the molecule is CCNC(=O)CCCC=CC[C@@H]1[C@@H](C=C[C@@H](O)CCc2ccccc2)[C@H](OCCCCCCO[N+](=O)[O-])C[C@@H]1OC(=O)CCCCCO[N+](=O)[O-]. The maximum Gasteiger partial charge on any atom is 0.306 e. The molecule has 1 aromatic rings. The van der Waals surface area contributed by atoms with Crippen LogP contribution in [0.4, 0.5) is 0 Å². The summed E-state index contributed by atoms with van der Waals surface area (Å²) in [7, 11) is 0.